The molecule has 3 amide bonds. The summed E-state index contributed by atoms with van der Waals surface area (Å²) in [5.74, 6) is -2.61. The molecular weight excluding hydrogens is 544 g/mol. The van der Waals surface area contributed by atoms with E-state index in [2.05, 4.69) is 5.32 Å². The monoisotopic (exact) mass is 574 g/mol. The normalized spacial score (nSPS) is 31.8. The third-order valence-electron chi connectivity index (χ3n) is 8.26. The lowest BCUT2D eigenvalue weighted by atomic mass is 9.78. The maximum atomic E-state index is 13.4. The number of nitro groups is 1. The van der Waals surface area contributed by atoms with Crippen LogP contribution in [0.1, 0.15) is 32.3 Å². The summed E-state index contributed by atoms with van der Waals surface area (Å²) in [5, 5.41) is 33.8. The molecule has 14 heteroatoms. The van der Waals surface area contributed by atoms with E-state index in [-0.39, 0.29) is 41.6 Å². The first kappa shape index (κ1) is 27.9. The number of β-lactam (4-membered cyclic amide) rings is 1. The number of nitro benzene ring substituents is 1. The van der Waals surface area contributed by atoms with E-state index in [0.29, 0.717) is 24.9 Å². The van der Waals surface area contributed by atoms with Crippen molar-refractivity contribution < 1.29 is 39.1 Å². The number of ether oxygens (including phenoxy) is 1. The van der Waals surface area contributed by atoms with Gasteiger partial charge in [-0.3, -0.25) is 24.6 Å². The molecule has 1 aromatic carbocycles. The van der Waals surface area contributed by atoms with Crippen LogP contribution in [0.15, 0.2) is 36.0 Å². The second kappa shape index (κ2) is 10.4. The van der Waals surface area contributed by atoms with Gasteiger partial charge in [-0.2, -0.15) is 0 Å². The van der Waals surface area contributed by atoms with Gasteiger partial charge in [-0.1, -0.05) is 6.92 Å². The minimum Gasteiger partial charge on any atom is -0.477 e. The Morgan fingerprint density at radius 1 is 1.30 bits per heavy atom. The number of amides is 3. The van der Waals surface area contributed by atoms with Crippen molar-refractivity contribution in [2.45, 2.75) is 61.5 Å². The van der Waals surface area contributed by atoms with E-state index in [1.165, 1.54) is 58.8 Å². The van der Waals surface area contributed by atoms with E-state index in [0.717, 1.165) is 0 Å². The number of carbonyl (C=O) groups excluding carboxylic acids is 3. The number of aliphatic hydroxyl groups is 1. The van der Waals surface area contributed by atoms with E-state index < -0.39 is 51.7 Å². The summed E-state index contributed by atoms with van der Waals surface area (Å²) < 4.78 is 4.24. The quantitative estimate of drug-likeness (QED) is 0.234. The fraction of sp³-hybridized carbons (Fsp3) is 0.538. The number of hydrogen-bond donors (Lipinski definition) is 3. The highest BCUT2D eigenvalue weighted by molar-refractivity contribution is 8.02. The highest BCUT2D eigenvalue weighted by atomic mass is 32.2. The zero-order valence-corrected chi connectivity index (χ0v) is 22.7. The summed E-state index contributed by atoms with van der Waals surface area (Å²) in [6.45, 7) is 3.85. The van der Waals surface area contributed by atoms with Gasteiger partial charge in [0.2, 0.25) is 11.8 Å². The first-order valence-corrected chi connectivity index (χ1v) is 13.9. The maximum absolute atomic E-state index is 13.4. The number of hydrogen-bond acceptors (Lipinski definition) is 9. The minimum atomic E-state index is -1.29. The van der Waals surface area contributed by atoms with E-state index in [1.54, 1.807) is 6.92 Å². The van der Waals surface area contributed by atoms with Gasteiger partial charge in [0.25, 0.3) is 5.69 Å². The Morgan fingerprint density at radius 3 is 2.58 bits per heavy atom. The Bertz CT molecular complexity index is 1290. The highest BCUT2D eigenvalue weighted by Crippen LogP contribution is 2.56. The fourth-order valence-corrected chi connectivity index (χ4v) is 8.33. The zero-order chi connectivity index (χ0) is 28.9. The standard InChI is InChI=1S/C26H30N4O9S/c1-13-9-20(23(33)34)29-21(13)26(14(2)31,24(29)35)40-17-10-19(18-7-8-27-22(18)32)28(11-17)25(36)39-12-15-3-5-16(6-4-15)30(37)38/h3-6,9,13-14,17-19,21,31H,7-8,10-12H2,1-2H3,(H,27,32)(H,33,34)/t13-,14-,17+,18?,19+,21+,26-/m1/s1. The molecule has 214 valence electrons. The molecule has 1 unspecified atom stereocenters. The van der Waals surface area contributed by atoms with E-state index in [4.69, 9.17) is 4.74 Å². The third-order valence-corrected chi connectivity index (χ3v) is 10.1. The van der Waals surface area contributed by atoms with E-state index >= 15 is 0 Å². The average molecular weight is 575 g/mol. The summed E-state index contributed by atoms with van der Waals surface area (Å²) in [6.07, 6.45) is 0.705. The molecule has 0 bridgehead atoms. The van der Waals surface area contributed by atoms with Crippen LogP contribution in [-0.2, 0) is 25.7 Å². The molecule has 7 atom stereocenters. The van der Waals surface area contributed by atoms with Crippen LogP contribution in [0.2, 0.25) is 0 Å². The molecule has 4 aliphatic rings. The number of carboxylic acid groups (broad SMARTS) is 1. The van der Waals surface area contributed by atoms with Gasteiger partial charge in [-0.25, -0.2) is 9.59 Å². The molecule has 0 aromatic heterocycles. The molecule has 3 N–H and O–H groups in total. The maximum Gasteiger partial charge on any atom is 0.410 e. The van der Waals surface area contributed by atoms with Crippen molar-refractivity contribution in [1.82, 2.24) is 15.1 Å². The van der Waals surface area contributed by atoms with Crippen molar-refractivity contribution >= 4 is 41.3 Å². The Labute approximate surface area is 233 Å². The topological polar surface area (TPSA) is 180 Å². The van der Waals surface area contributed by atoms with Crippen molar-refractivity contribution in [3.63, 3.8) is 0 Å². The number of fused-ring (bicyclic) bond motifs is 1. The number of rotatable bonds is 8. The molecule has 40 heavy (non-hydrogen) atoms. The molecule has 0 saturated carbocycles. The molecule has 13 nitrogen and oxygen atoms in total. The smallest absolute Gasteiger partial charge is 0.410 e. The molecule has 4 heterocycles. The molecule has 4 aliphatic heterocycles. The van der Waals surface area contributed by atoms with Gasteiger partial charge >= 0.3 is 12.1 Å². The lowest BCUT2D eigenvalue weighted by Crippen LogP contribution is -2.76. The largest absolute Gasteiger partial charge is 0.477 e. The number of aliphatic carboxylic acids is 1. The van der Waals surface area contributed by atoms with Gasteiger partial charge in [0.1, 0.15) is 17.1 Å². The summed E-state index contributed by atoms with van der Waals surface area (Å²) in [5.41, 5.74) is 0.382. The van der Waals surface area contributed by atoms with E-state index in [1.807, 2.05) is 0 Å². The summed E-state index contributed by atoms with van der Waals surface area (Å²) in [6, 6.07) is 4.60. The molecule has 0 aliphatic carbocycles. The van der Waals surface area contributed by atoms with Crippen LogP contribution < -0.4 is 5.32 Å². The van der Waals surface area contributed by atoms with Crippen LogP contribution in [0.4, 0.5) is 10.5 Å². The molecular formula is C26H30N4O9S. The second-order valence-electron chi connectivity index (χ2n) is 10.7. The predicted molar refractivity (Wildman–Crippen MR) is 141 cm³/mol. The van der Waals surface area contributed by atoms with Crippen LogP contribution >= 0.6 is 11.8 Å². The Kier molecular flexibility index (Phi) is 7.25. The van der Waals surface area contributed by atoms with Crippen LogP contribution in [0, 0.1) is 22.0 Å². The number of benzene rings is 1. The van der Waals surface area contributed by atoms with Crippen LogP contribution in [0.25, 0.3) is 0 Å². The molecule has 5 rings (SSSR count). The van der Waals surface area contributed by atoms with Gasteiger partial charge < -0.3 is 25.2 Å². The first-order chi connectivity index (χ1) is 19.0. The number of carboxylic acids is 1. The minimum absolute atomic E-state index is 0.0831. The molecule has 0 spiro atoms. The summed E-state index contributed by atoms with van der Waals surface area (Å²) >= 11 is 1.24. The fourth-order valence-electron chi connectivity index (χ4n) is 6.39. The summed E-state index contributed by atoms with van der Waals surface area (Å²) in [7, 11) is 0. The van der Waals surface area contributed by atoms with E-state index in [9.17, 15) is 39.5 Å². The van der Waals surface area contributed by atoms with Gasteiger partial charge in [-0.05, 0) is 49.5 Å². The third kappa shape index (κ3) is 4.48. The van der Waals surface area contributed by atoms with Crippen LogP contribution in [0.3, 0.4) is 0 Å². The van der Waals surface area contributed by atoms with Crippen molar-refractivity contribution in [3.8, 4) is 0 Å². The number of nitrogens with one attached hydrogen (secondary N) is 1. The number of carbonyl (C=O) groups is 4. The molecule has 1 aromatic rings. The lowest BCUT2D eigenvalue weighted by Gasteiger charge is -2.56. The van der Waals surface area contributed by atoms with Crippen molar-refractivity contribution in [2.24, 2.45) is 11.8 Å². The molecule has 3 saturated heterocycles. The van der Waals surface area contributed by atoms with Crippen molar-refractivity contribution in [3.05, 3.63) is 51.7 Å². The average Bonchev–Trinajstić information content (AvgIpc) is 3.61. The number of likely N-dealkylation sites (tertiary alicyclic amines) is 1. The lowest BCUT2D eigenvalue weighted by molar-refractivity contribution is -0.384. The first-order valence-electron chi connectivity index (χ1n) is 13.0. The number of aliphatic hydroxyl groups excluding tert-OH is 1. The summed E-state index contributed by atoms with van der Waals surface area (Å²) in [4.78, 5) is 64.1. The van der Waals surface area contributed by atoms with Crippen LogP contribution in [-0.4, -0.2) is 90.1 Å². The molecule has 0 radical (unpaired) electrons. The number of thioether (sulfide) groups is 1. The molecule has 3 fully saturated rings. The van der Waals surface area contributed by atoms with Crippen molar-refractivity contribution in [2.75, 3.05) is 13.1 Å². The zero-order valence-electron chi connectivity index (χ0n) is 21.9. The van der Waals surface area contributed by atoms with Gasteiger partial charge in [0, 0.05) is 36.5 Å². The second-order valence-corrected chi connectivity index (χ2v) is 12.2. The number of nitrogens with zero attached hydrogens (tertiary/aromatic N) is 3. The highest BCUT2D eigenvalue weighted by Gasteiger charge is 2.69. The van der Waals surface area contributed by atoms with Crippen molar-refractivity contribution in [1.29, 1.82) is 0 Å². The van der Waals surface area contributed by atoms with Gasteiger partial charge in [0.15, 0.2) is 0 Å². The SMILES string of the molecule is C[C@@H]1C=C(C(=O)O)N2C(=O)[C@@](S[C@H]3C[C@@H](C4CCNC4=O)N(C(=O)OCc4ccc([N+](=O)[O-])cc4)C3)([C@@H](C)O)[C@H]12. The predicted octanol–water partition coefficient (Wildman–Crippen LogP) is 1.49. The number of non-ortho nitro benzene ring substituents is 1. The Hall–Kier alpha value is -3.65. The Balaban J connectivity index is 1.33. The van der Waals surface area contributed by atoms with Gasteiger partial charge in [0.05, 0.1) is 23.0 Å². The Morgan fingerprint density at radius 2 is 2.00 bits per heavy atom. The van der Waals surface area contributed by atoms with Crippen LogP contribution in [0.5, 0.6) is 0 Å². The van der Waals surface area contributed by atoms with Gasteiger partial charge in [-0.15, -0.1) is 11.8 Å².